The van der Waals surface area contributed by atoms with Crippen LogP contribution in [-0.4, -0.2) is 59.8 Å². The molecule has 0 bridgehead atoms. The number of anilines is 1. The van der Waals surface area contributed by atoms with Crippen molar-refractivity contribution in [3.05, 3.63) is 6.33 Å². The maximum atomic E-state index is 10.0. The van der Waals surface area contributed by atoms with Gasteiger partial charge in [-0.1, -0.05) is 0 Å². The highest BCUT2D eigenvalue weighted by molar-refractivity contribution is 7.80. The molecule has 1 aliphatic heterocycles. The third kappa shape index (κ3) is 1.93. The quantitative estimate of drug-likeness (QED) is 0.327. The van der Waals surface area contributed by atoms with E-state index in [1.54, 1.807) is 0 Å². The Hall–Kier alpha value is -1.46. The molecule has 0 aromatic carbocycles. The SMILES string of the molecule is Nc1nc(S)c2ncn([C@@H]3OC(CO)[C@@H](O)[C@@H]3O)c2n1. The van der Waals surface area contributed by atoms with Gasteiger partial charge in [0.05, 0.1) is 12.9 Å². The highest BCUT2D eigenvalue weighted by atomic mass is 32.1. The Morgan fingerprint density at radius 1 is 1.35 bits per heavy atom. The number of fused-ring (bicyclic) bond motifs is 1. The number of aliphatic hydroxyl groups excluding tert-OH is 3. The Labute approximate surface area is 118 Å². The molecule has 0 spiro atoms. The Bertz CT molecular complexity index is 650. The number of hydrogen-bond donors (Lipinski definition) is 5. The number of aliphatic hydroxyl groups is 3. The van der Waals surface area contributed by atoms with Crippen molar-refractivity contribution < 1.29 is 20.1 Å². The van der Waals surface area contributed by atoms with Gasteiger partial charge in [-0.2, -0.15) is 4.98 Å². The number of rotatable bonds is 2. The summed E-state index contributed by atoms with van der Waals surface area (Å²) in [6, 6.07) is 0. The number of thiol groups is 1. The van der Waals surface area contributed by atoms with Crippen LogP contribution < -0.4 is 5.73 Å². The number of nitrogen functional groups attached to an aromatic ring is 1. The Morgan fingerprint density at radius 2 is 2.10 bits per heavy atom. The zero-order valence-corrected chi connectivity index (χ0v) is 11.1. The second-order valence-electron chi connectivity index (χ2n) is 4.46. The molecular weight excluding hydrogens is 286 g/mol. The van der Waals surface area contributed by atoms with E-state index in [-0.39, 0.29) is 5.95 Å². The molecule has 10 heteroatoms. The minimum Gasteiger partial charge on any atom is -0.394 e. The summed E-state index contributed by atoms with van der Waals surface area (Å²) in [5, 5.41) is 29.2. The average Bonchev–Trinajstić information content (AvgIpc) is 2.93. The van der Waals surface area contributed by atoms with Gasteiger partial charge in [-0.15, -0.1) is 12.6 Å². The van der Waals surface area contributed by atoms with Crippen LogP contribution in [-0.2, 0) is 4.74 Å². The van der Waals surface area contributed by atoms with Crippen molar-refractivity contribution in [2.45, 2.75) is 29.6 Å². The highest BCUT2D eigenvalue weighted by Gasteiger charge is 2.44. The molecule has 2 aromatic heterocycles. The second kappa shape index (κ2) is 4.82. The first kappa shape index (κ1) is 13.5. The van der Waals surface area contributed by atoms with Gasteiger partial charge in [-0.05, 0) is 0 Å². The van der Waals surface area contributed by atoms with Gasteiger partial charge >= 0.3 is 0 Å². The summed E-state index contributed by atoms with van der Waals surface area (Å²) < 4.78 is 6.84. The lowest BCUT2D eigenvalue weighted by molar-refractivity contribution is -0.0511. The van der Waals surface area contributed by atoms with Gasteiger partial charge in [0.15, 0.2) is 11.9 Å². The summed E-state index contributed by atoms with van der Waals surface area (Å²) >= 11 is 4.15. The predicted octanol–water partition coefficient (Wildman–Crippen LogP) is -1.69. The molecule has 20 heavy (non-hydrogen) atoms. The molecule has 1 saturated heterocycles. The molecule has 3 rings (SSSR count). The minimum atomic E-state index is -1.22. The number of nitrogens with zero attached hydrogens (tertiary/aromatic N) is 4. The maximum Gasteiger partial charge on any atom is 0.223 e. The molecule has 5 N–H and O–H groups in total. The van der Waals surface area contributed by atoms with Crippen molar-refractivity contribution in [2.75, 3.05) is 12.3 Å². The van der Waals surface area contributed by atoms with Crippen molar-refractivity contribution >= 4 is 29.7 Å². The first-order valence-electron chi connectivity index (χ1n) is 5.84. The monoisotopic (exact) mass is 299 g/mol. The summed E-state index contributed by atoms with van der Waals surface area (Å²) in [7, 11) is 0. The Balaban J connectivity index is 2.07. The topological polar surface area (TPSA) is 140 Å². The molecule has 0 aliphatic carbocycles. The third-order valence-electron chi connectivity index (χ3n) is 3.21. The zero-order valence-electron chi connectivity index (χ0n) is 10.2. The average molecular weight is 299 g/mol. The molecule has 1 fully saturated rings. The molecule has 0 amide bonds. The van der Waals surface area contributed by atoms with Crippen LogP contribution in [0.2, 0.25) is 0 Å². The van der Waals surface area contributed by atoms with Crippen LogP contribution in [0.3, 0.4) is 0 Å². The van der Waals surface area contributed by atoms with Crippen LogP contribution in [0.5, 0.6) is 0 Å². The standard InChI is InChI=1S/C10H13N5O4S/c11-10-13-7-4(8(20)14-10)12-2-15(7)9-6(18)5(17)3(1-16)19-9/h2-3,5-6,9,16-18H,1H2,(H3,11,13,14,20)/t3?,5-,6+,9-/m1/s1. The lowest BCUT2D eigenvalue weighted by Crippen LogP contribution is -2.33. The molecular formula is C10H13N5O4S. The van der Waals surface area contributed by atoms with Crippen LogP contribution in [0.1, 0.15) is 6.23 Å². The van der Waals surface area contributed by atoms with Crippen molar-refractivity contribution in [3.63, 3.8) is 0 Å². The number of aromatic nitrogens is 4. The summed E-state index contributed by atoms with van der Waals surface area (Å²) in [4.78, 5) is 12.0. The van der Waals surface area contributed by atoms with Crippen molar-refractivity contribution in [3.8, 4) is 0 Å². The molecule has 0 radical (unpaired) electrons. The van der Waals surface area contributed by atoms with Crippen molar-refractivity contribution in [2.24, 2.45) is 0 Å². The largest absolute Gasteiger partial charge is 0.394 e. The van der Waals surface area contributed by atoms with Gasteiger partial charge in [-0.3, -0.25) is 4.57 Å². The summed E-state index contributed by atoms with van der Waals surface area (Å²) in [6.45, 7) is -0.406. The number of imidazole rings is 1. The maximum absolute atomic E-state index is 10.0. The number of hydrogen-bond acceptors (Lipinski definition) is 9. The van der Waals surface area contributed by atoms with E-state index in [1.165, 1.54) is 10.9 Å². The molecule has 3 heterocycles. The fraction of sp³-hybridized carbons (Fsp3) is 0.500. The van der Waals surface area contributed by atoms with Gasteiger partial charge in [0, 0.05) is 0 Å². The van der Waals surface area contributed by atoms with E-state index in [4.69, 9.17) is 15.6 Å². The second-order valence-corrected chi connectivity index (χ2v) is 4.88. The van der Waals surface area contributed by atoms with Crippen LogP contribution in [0.15, 0.2) is 11.4 Å². The van der Waals surface area contributed by atoms with E-state index >= 15 is 0 Å². The lowest BCUT2D eigenvalue weighted by Gasteiger charge is -2.16. The fourth-order valence-corrected chi connectivity index (χ4v) is 2.47. The van der Waals surface area contributed by atoms with Crippen LogP contribution in [0.4, 0.5) is 5.95 Å². The lowest BCUT2D eigenvalue weighted by atomic mass is 10.1. The normalized spacial score (nSPS) is 30.2. The van der Waals surface area contributed by atoms with E-state index in [2.05, 4.69) is 27.6 Å². The smallest absolute Gasteiger partial charge is 0.223 e. The van der Waals surface area contributed by atoms with E-state index in [0.29, 0.717) is 16.2 Å². The van der Waals surface area contributed by atoms with E-state index in [1.807, 2.05) is 0 Å². The number of nitrogens with two attached hydrogens (primary N) is 1. The van der Waals surface area contributed by atoms with Gasteiger partial charge in [0.25, 0.3) is 0 Å². The first-order chi connectivity index (χ1) is 9.52. The molecule has 4 atom stereocenters. The van der Waals surface area contributed by atoms with Crippen molar-refractivity contribution in [1.29, 1.82) is 0 Å². The van der Waals surface area contributed by atoms with Gasteiger partial charge in [0.1, 0.15) is 28.9 Å². The van der Waals surface area contributed by atoms with Crippen LogP contribution >= 0.6 is 12.6 Å². The van der Waals surface area contributed by atoms with Gasteiger partial charge in [-0.25, -0.2) is 9.97 Å². The molecule has 0 saturated carbocycles. The van der Waals surface area contributed by atoms with E-state index < -0.39 is 31.1 Å². The first-order valence-corrected chi connectivity index (χ1v) is 6.29. The molecule has 1 unspecified atom stereocenters. The molecule has 9 nitrogen and oxygen atoms in total. The molecule has 108 valence electrons. The predicted molar refractivity (Wildman–Crippen MR) is 70.0 cm³/mol. The fourth-order valence-electron chi connectivity index (χ4n) is 2.21. The van der Waals surface area contributed by atoms with Crippen LogP contribution in [0.25, 0.3) is 11.2 Å². The minimum absolute atomic E-state index is 0.0102. The Kier molecular flexibility index (Phi) is 3.26. The van der Waals surface area contributed by atoms with Crippen LogP contribution in [0, 0.1) is 0 Å². The molecule has 2 aromatic rings. The zero-order chi connectivity index (χ0) is 14.4. The highest BCUT2D eigenvalue weighted by Crippen LogP contribution is 2.32. The van der Waals surface area contributed by atoms with Crippen molar-refractivity contribution in [1.82, 2.24) is 19.5 Å². The Morgan fingerprint density at radius 3 is 2.75 bits per heavy atom. The van der Waals surface area contributed by atoms with Gasteiger partial charge in [0.2, 0.25) is 5.95 Å². The summed E-state index contributed by atoms with van der Waals surface area (Å²) in [5.74, 6) is 0.0102. The van der Waals surface area contributed by atoms with E-state index in [9.17, 15) is 10.2 Å². The molecule has 1 aliphatic rings. The number of ether oxygens (including phenoxy) is 1. The summed E-state index contributed by atoms with van der Waals surface area (Å²) in [6.07, 6.45) is -2.82. The van der Waals surface area contributed by atoms with Gasteiger partial charge < -0.3 is 25.8 Å². The third-order valence-corrected chi connectivity index (χ3v) is 3.52. The summed E-state index contributed by atoms with van der Waals surface area (Å²) in [5.41, 5.74) is 6.30. The van der Waals surface area contributed by atoms with E-state index in [0.717, 1.165) is 0 Å².